The molecule has 0 aliphatic heterocycles. The van der Waals surface area contributed by atoms with Gasteiger partial charge in [-0.3, -0.25) is 13.7 Å². The molecule has 25 aromatic rings. The molecule has 139 heavy (non-hydrogen) atoms. The van der Waals surface area contributed by atoms with Gasteiger partial charge >= 0.3 is 26.2 Å². The van der Waals surface area contributed by atoms with E-state index < -0.39 is 14.3 Å². The molecule has 3 unspecified atom stereocenters. The first kappa shape index (κ1) is 89.5. The molecule has 1 radical (unpaired) electrons. The average Bonchev–Trinajstić information content (AvgIpc) is 1.69. The second-order valence-electron chi connectivity index (χ2n) is 33.1. The molecule has 0 bridgehead atoms. The summed E-state index contributed by atoms with van der Waals surface area (Å²) in [5.41, 5.74) is 20.5. The van der Waals surface area contributed by atoms with Crippen LogP contribution in [0.1, 0.15) is 0 Å². The Morgan fingerprint density at radius 3 is 0.842 bits per heavy atom. The third kappa shape index (κ3) is 17.9. The van der Waals surface area contributed by atoms with E-state index in [1.54, 1.807) is 21.2 Å². The Hall–Kier alpha value is -14.7. The van der Waals surface area contributed by atoms with Crippen molar-refractivity contribution in [2.24, 2.45) is 0 Å². The Morgan fingerprint density at radius 2 is 0.489 bits per heavy atom. The minimum atomic E-state index is -3.12. The van der Waals surface area contributed by atoms with Gasteiger partial charge in [-0.15, -0.1) is 29.1 Å². The zero-order valence-electron chi connectivity index (χ0n) is 77.2. The van der Waals surface area contributed by atoms with Crippen LogP contribution in [0.25, 0.3) is 177 Å². The van der Waals surface area contributed by atoms with Crippen molar-refractivity contribution in [1.82, 2.24) is 48.2 Å². The summed E-state index contributed by atoms with van der Waals surface area (Å²) in [6.45, 7) is 0. The summed E-state index contributed by atoms with van der Waals surface area (Å²) in [5, 5.41) is 9.39. The van der Waals surface area contributed by atoms with Gasteiger partial charge in [-0.05, 0) is 169 Å². The number of aromatic nitrogens is 10. The maximum absolute atomic E-state index is 15.1. The van der Waals surface area contributed by atoms with Crippen molar-refractivity contribution in [2.45, 2.75) is 0 Å². The van der Waals surface area contributed by atoms with Crippen LogP contribution in [0.2, 0.25) is 0 Å². The van der Waals surface area contributed by atoms with E-state index in [1.807, 2.05) is 231 Å². The summed E-state index contributed by atoms with van der Waals surface area (Å²) >= 11 is 1.70. The Balaban J connectivity index is 0.000000127. The minimum absolute atomic E-state index is 0. The normalized spacial score (nSPS) is 11.6. The van der Waals surface area contributed by atoms with Crippen LogP contribution in [0, 0.1) is 0 Å². The molecule has 0 saturated carbocycles. The SMILES string of the molecule is O=P(c1ccccc1)(c1ccccc1)c1ccc2sc3ccc(P(=O)(c4ccccc4)c4ccccc4)cc3c2c1.[3H]P.[3H]PP.[BiH2].c1ccc(-c2nc(-c3ccccc3)nc(-c3cccc(-c4cccc(-n5c6ccccc6c6ccccc65)c4)c3)n2)cc1.c1ccc(-n2c(-c3cc(-c4nc5ccccc5n4-c4ccccc4)cc(-c4nc5ccccc5n4-c4ccccc4)c3)nc3ccccc32)cc1. The summed E-state index contributed by atoms with van der Waals surface area (Å²) in [6.07, 6.45) is 0. The summed E-state index contributed by atoms with van der Waals surface area (Å²) in [7, 11) is -2.06. The molecular formula is C120H91BiN10O2P5S. The molecule has 0 aliphatic carbocycles. The van der Waals surface area contributed by atoms with Crippen molar-refractivity contribution in [3.8, 4) is 102 Å². The molecule has 0 saturated heterocycles. The number of imidazole rings is 3. The number of hydrogen-bond acceptors (Lipinski definition) is 9. The van der Waals surface area contributed by atoms with E-state index in [0.717, 1.165) is 170 Å². The second kappa shape index (κ2) is 40.9. The van der Waals surface area contributed by atoms with E-state index in [-0.39, 0.29) is 35.1 Å². The van der Waals surface area contributed by atoms with Gasteiger partial charge in [0.15, 0.2) is 31.8 Å². The number of benzene rings is 19. The van der Waals surface area contributed by atoms with Gasteiger partial charge in [0.05, 0.1) is 46.7 Å². The first-order valence-electron chi connectivity index (χ1n) is 46.3. The van der Waals surface area contributed by atoms with Crippen LogP contribution in [0.15, 0.2) is 497 Å². The predicted octanol–water partition coefficient (Wildman–Crippen LogP) is 27.5. The molecule has 0 N–H and O–H groups in total. The molecule has 669 valence electrons. The molecule has 25 rings (SSSR count). The van der Waals surface area contributed by atoms with E-state index in [9.17, 15) is 0 Å². The Morgan fingerprint density at radius 1 is 0.230 bits per heavy atom. The summed E-state index contributed by atoms with van der Waals surface area (Å²) in [5.74, 6) is 4.49. The fourth-order valence-electron chi connectivity index (χ4n) is 18.6. The number of thiophene rings is 1. The molecule has 6 aromatic heterocycles. The number of hydrogen-bond donors (Lipinski definition) is 0. The average molecular weight is 2110 g/mol. The fraction of sp³-hybridized carbons (Fsp3) is 0. The van der Waals surface area contributed by atoms with E-state index >= 15 is 9.13 Å². The van der Waals surface area contributed by atoms with E-state index in [4.69, 9.17) is 32.5 Å². The van der Waals surface area contributed by atoms with Gasteiger partial charge in [0.2, 0.25) is 0 Å². The molecule has 0 fully saturated rings. The van der Waals surface area contributed by atoms with Gasteiger partial charge in [-0.1, -0.05) is 340 Å². The zero-order valence-corrected chi connectivity index (χ0v) is 85.6. The first-order valence-corrected chi connectivity index (χ1v) is 51.7. The molecule has 12 nitrogen and oxygen atoms in total. The third-order valence-electron chi connectivity index (χ3n) is 24.9. The number of nitrogens with zero attached hydrogens (tertiary/aromatic N) is 10. The van der Waals surface area contributed by atoms with Crippen molar-refractivity contribution in [3.63, 3.8) is 0 Å². The fourth-order valence-corrected chi connectivity index (χ4v) is 25.0. The molecule has 6 heterocycles. The van der Waals surface area contributed by atoms with Crippen LogP contribution in [-0.4, -0.2) is 76.9 Å². The van der Waals surface area contributed by atoms with Gasteiger partial charge < -0.3 is 13.7 Å². The maximum Gasteiger partial charge on any atom is 0.164 e. The minimum Gasteiger partial charge on any atom is -0.309 e. The summed E-state index contributed by atoms with van der Waals surface area (Å²) in [6, 6.07) is 169. The van der Waals surface area contributed by atoms with Gasteiger partial charge in [0.25, 0.3) is 0 Å². The first-order chi connectivity index (χ1) is 69.1. The standard InChI is InChI=1S/C45H30N6.C39H26N4.C36H26O2P2S.Bi.H4P2.H3P.2H/c1-4-16-34(17-5-1)49-40-25-13-10-22-37(40)46-43(49)31-28-32(44-47-38-23-11-14-26-41(38)50(44)35-18-6-2-7-19-35)30-33(29-31)45-48-39-24-12-15-27-42(39)51(45)36-20-8-3-9-21-36;1-3-13-27(14-4-1)37-40-38(28-15-5-2-6-16-28)42-39(41-37)31-19-11-17-29(25-31)30-18-12-20-32(26-30)43-35-23-9-7-21-33(35)34-22-8-10-24-36(34)43;37-39(27-13-5-1-6-14-27,28-15-7-2-8-16-28)31-21-23-35-33(25-31)34-26-32(22-24-36(34)41-35)40(38,29-17-9-3-10-18-29)30-19-11-4-12-20-30;;1-2;;;/h1-30H;1-26H;1-26H;;1-2H2;1H3;;/i;;;;2*1T;;. The topological polar surface area (TPSA) is 131 Å². The third-order valence-corrected chi connectivity index (χ3v) is 32.2. The number of para-hydroxylation sites is 11. The predicted molar refractivity (Wildman–Crippen MR) is 600 cm³/mol. The van der Waals surface area contributed by atoms with Crippen LogP contribution in [0.4, 0.5) is 0 Å². The van der Waals surface area contributed by atoms with Crippen LogP contribution in [0.3, 0.4) is 0 Å². The van der Waals surface area contributed by atoms with E-state index in [0.29, 0.717) is 17.5 Å². The van der Waals surface area contributed by atoms with Crippen molar-refractivity contribution < 1.29 is 9.13 Å². The van der Waals surface area contributed by atoms with Crippen molar-refractivity contribution in [2.75, 3.05) is 0 Å². The molecule has 19 heteroatoms. The quantitative estimate of drug-likeness (QED) is 0.0651. The Labute approximate surface area is 839 Å². The van der Waals surface area contributed by atoms with Gasteiger partial charge in [0, 0.05) is 119 Å². The van der Waals surface area contributed by atoms with Gasteiger partial charge in [-0.2, -0.15) is 9.84 Å². The monoisotopic (exact) mass is 2100 g/mol. The Kier molecular flexibility index (Phi) is 26.3. The second-order valence-corrected chi connectivity index (χ2v) is 39.8. The van der Waals surface area contributed by atoms with Crippen LogP contribution in [-0.2, 0) is 9.13 Å². The number of rotatable bonds is 17. The molecule has 0 amide bonds. The molecule has 19 aromatic carbocycles. The van der Waals surface area contributed by atoms with Crippen LogP contribution >= 0.6 is 53.3 Å². The Bertz CT molecular complexity index is 8190. The van der Waals surface area contributed by atoms with Crippen molar-refractivity contribution in [3.05, 3.63) is 497 Å². The molecular weight excluding hydrogens is 2010 g/mol. The summed E-state index contributed by atoms with van der Waals surface area (Å²) < 4.78 is 53.3. The largest absolute Gasteiger partial charge is 0.309 e. The van der Waals surface area contributed by atoms with Gasteiger partial charge in [0.1, 0.15) is 17.5 Å². The van der Waals surface area contributed by atoms with Crippen LogP contribution < -0.4 is 31.8 Å². The molecule has 3 atom stereocenters. The van der Waals surface area contributed by atoms with E-state index in [2.05, 4.69) is 294 Å². The molecule has 0 spiro atoms. The van der Waals surface area contributed by atoms with Crippen LogP contribution in [0.5, 0.6) is 0 Å². The molecule has 0 aliphatic rings. The van der Waals surface area contributed by atoms with Crippen molar-refractivity contribution in [1.29, 1.82) is 2.56 Å². The zero-order chi connectivity index (χ0) is 94.9. The van der Waals surface area contributed by atoms with Crippen molar-refractivity contribution >= 4 is 186 Å². The van der Waals surface area contributed by atoms with E-state index in [1.165, 1.54) is 21.8 Å². The smallest absolute Gasteiger partial charge is 0.164 e. The summed E-state index contributed by atoms with van der Waals surface area (Å²) in [4.78, 5) is 30.6. The number of fused-ring (bicyclic) bond motifs is 9. The maximum atomic E-state index is 15.1. The van der Waals surface area contributed by atoms with Gasteiger partial charge in [-0.25, -0.2) is 29.9 Å².